The van der Waals surface area contributed by atoms with Crippen molar-refractivity contribution in [2.45, 2.75) is 37.5 Å². The van der Waals surface area contributed by atoms with Crippen LogP contribution in [-0.2, 0) is 24.9 Å². The van der Waals surface area contributed by atoms with Gasteiger partial charge in [-0.05, 0) is 12.5 Å². The Labute approximate surface area is 205 Å². The van der Waals surface area contributed by atoms with Crippen molar-refractivity contribution in [3.05, 3.63) is 52.6 Å². The number of anilines is 1. The van der Waals surface area contributed by atoms with Crippen LogP contribution in [-0.4, -0.2) is 66.5 Å². The molecular formula is C20H27N6O7PS. The summed E-state index contributed by atoms with van der Waals surface area (Å²) in [5.41, 5.74) is 4.16. The molecule has 0 spiro atoms. The monoisotopic (exact) mass is 526 g/mol. The maximum Gasteiger partial charge on any atom is 0.405 e. The minimum absolute atomic E-state index is 0.0115. The molecule has 1 aliphatic heterocycles. The number of benzene rings is 1. The highest BCUT2D eigenvalue weighted by molar-refractivity contribution is 7.80. The van der Waals surface area contributed by atoms with Crippen molar-refractivity contribution in [1.82, 2.24) is 24.6 Å². The van der Waals surface area contributed by atoms with E-state index in [1.54, 1.807) is 0 Å². The first-order valence-corrected chi connectivity index (χ1v) is 12.9. The van der Waals surface area contributed by atoms with Gasteiger partial charge in [0, 0.05) is 12.3 Å². The average Bonchev–Trinajstić information content (AvgIpc) is 3.34. The molecule has 1 aromatic carbocycles. The Morgan fingerprint density at radius 2 is 2.11 bits per heavy atom. The SMILES string of the molecule is C[C@]1(O)C(O)[C@@H](COP(=O)(NCc2ccccc2)OCCS)O[C@H]1n1cnc2c(=O)[nH]c(N)nc21. The molecule has 2 unspecified atom stereocenters. The lowest BCUT2D eigenvalue weighted by Gasteiger charge is -2.27. The van der Waals surface area contributed by atoms with Gasteiger partial charge in [0.1, 0.15) is 17.8 Å². The maximum absolute atomic E-state index is 13.3. The summed E-state index contributed by atoms with van der Waals surface area (Å²) in [5.74, 6) is 0.164. The number of rotatable bonds is 10. The van der Waals surface area contributed by atoms with Gasteiger partial charge >= 0.3 is 7.75 Å². The van der Waals surface area contributed by atoms with Crippen LogP contribution in [0.5, 0.6) is 0 Å². The Bertz CT molecular complexity index is 1270. The largest absolute Gasteiger partial charge is 0.405 e. The van der Waals surface area contributed by atoms with Crippen LogP contribution in [0.3, 0.4) is 0 Å². The van der Waals surface area contributed by atoms with E-state index in [1.165, 1.54) is 17.8 Å². The number of nitrogens with one attached hydrogen (secondary N) is 2. The highest BCUT2D eigenvalue weighted by Crippen LogP contribution is 2.46. The number of nitrogens with two attached hydrogens (primary N) is 1. The van der Waals surface area contributed by atoms with Crippen molar-refractivity contribution in [3.63, 3.8) is 0 Å². The molecule has 13 nitrogen and oxygen atoms in total. The van der Waals surface area contributed by atoms with Gasteiger partial charge in [0.15, 0.2) is 17.4 Å². The molecule has 2 aromatic heterocycles. The first-order chi connectivity index (χ1) is 16.6. The number of fused-ring (bicyclic) bond motifs is 1. The van der Waals surface area contributed by atoms with Crippen molar-refractivity contribution in [3.8, 4) is 0 Å². The van der Waals surface area contributed by atoms with Crippen molar-refractivity contribution < 1.29 is 28.6 Å². The molecule has 4 rings (SSSR count). The Balaban J connectivity index is 1.51. The van der Waals surface area contributed by atoms with Gasteiger partial charge < -0.3 is 20.7 Å². The maximum atomic E-state index is 13.3. The smallest absolute Gasteiger partial charge is 0.387 e. The molecule has 1 fully saturated rings. The van der Waals surface area contributed by atoms with Crippen LogP contribution in [0.15, 0.2) is 41.5 Å². The predicted octanol–water partition coefficient (Wildman–Crippen LogP) is 0.572. The number of thiol groups is 1. The third-order valence-corrected chi connectivity index (χ3v) is 7.28. The van der Waals surface area contributed by atoms with E-state index in [0.29, 0.717) is 5.75 Å². The van der Waals surface area contributed by atoms with E-state index in [1.807, 2.05) is 30.3 Å². The van der Waals surface area contributed by atoms with Crippen LogP contribution in [0.25, 0.3) is 11.2 Å². The predicted molar refractivity (Wildman–Crippen MR) is 130 cm³/mol. The highest BCUT2D eigenvalue weighted by atomic mass is 32.1. The molecule has 0 amide bonds. The van der Waals surface area contributed by atoms with Gasteiger partial charge in [0.05, 0.1) is 19.5 Å². The van der Waals surface area contributed by atoms with Crippen molar-refractivity contribution in [2.24, 2.45) is 0 Å². The lowest BCUT2D eigenvalue weighted by molar-refractivity contribution is -0.0948. The Morgan fingerprint density at radius 1 is 1.37 bits per heavy atom. The third kappa shape index (κ3) is 5.44. The number of aromatic nitrogens is 4. The number of H-pyrrole nitrogens is 1. The fourth-order valence-electron chi connectivity index (χ4n) is 3.74. The molecule has 0 radical (unpaired) electrons. The molecule has 3 aromatic rings. The van der Waals surface area contributed by atoms with Crippen LogP contribution in [0.2, 0.25) is 0 Å². The Kier molecular flexibility index (Phi) is 7.64. The number of nitrogen functional groups attached to an aromatic ring is 1. The number of nitrogens with zero attached hydrogens (tertiary/aromatic N) is 3. The molecular weight excluding hydrogens is 499 g/mol. The molecule has 35 heavy (non-hydrogen) atoms. The molecule has 0 bridgehead atoms. The second kappa shape index (κ2) is 10.4. The van der Waals surface area contributed by atoms with Crippen LogP contribution in [0.4, 0.5) is 5.95 Å². The molecule has 3 heterocycles. The van der Waals surface area contributed by atoms with Gasteiger partial charge in [-0.1, -0.05) is 30.3 Å². The number of aliphatic hydroxyl groups excluding tert-OH is 1. The zero-order valence-electron chi connectivity index (χ0n) is 18.8. The van der Waals surface area contributed by atoms with E-state index < -0.39 is 37.3 Å². The normalized spacial score (nSPS) is 26.2. The fraction of sp³-hybridized carbons (Fsp3) is 0.450. The average molecular weight is 527 g/mol. The molecule has 190 valence electrons. The van der Waals surface area contributed by atoms with Gasteiger partial charge in [0.2, 0.25) is 5.95 Å². The van der Waals surface area contributed by atoms with E-state index in [0.717, 1.165) is 5.56 Å². The summed E-state index contributed by atoms with van der Waals surface area (Å²) < 4.78 is 31.4. The quantitative estimate of drug-likeness (QED) is 0.160. The molecule has 5 atom stereocenters. The summed E-state index contributed by atoms with van der Waals surface area (Å²) in [6, 6.07) is 9.25. The molecule has 0 saturated carbocycles. The zero-order chi connectivity index (χ0) is 25.2. The van der Waals surface area contributed by atoms with Crippen molar-refractivity contribution in [2.75, 3.05) is 24.7 Å². The van der Waals surface area contributed by atoms with E-state index in [-0.39, 0.29) is 36.9 Å². The fourth-order valence-corrected chi connectivity index (χ4v) is 5.28. The summed E-state index contributed by atoms with van der Waals surface area (Å²) in [4.78, 5) is 22.5. The Hall–Kier alpha value is -2.29. The first-order valence-electron chi connectivity index (χ1n) is 10.7. The number of ether oxygens (including phenoxy) is 1. The molecule has 6 N–H and O–H groups in total. The van der Waals surface area contributed by atoms with Gasteiger partial charge in [-0.2, -0.15) is 17.6 Å². The van der Waals surface area contributed by atoms with Crippen molar-refractivity contribution >= 4 is 37.5 Å². The number of hydrogen-bond acceptors (Lipinski definition) is 11. The molecule has 0 aliphatic carbocycles. The summed E-state index contributed by atoms with van der Waals surface area (Å²) in [7, 11) is -3.82. The second-order valence-corrected chi connectivity index (χ2v) is 10.4. The van der Waals surface area contributed by atoms with Gasteiger partial charge in [-0.25, -0.2) is 14.6 Å². The topological polar surface area (TPSA) is 187 Å². The number of hydrogen-bond donors (Lipinski definition) is 6. The lowest BCUT2D eigenvalue weighted by Crippen LogP contribution is -2.44. The summed E-state index contributed by atoms with van der Waals surface area (Å²) in [6.45, 7) is 1.25. The standard InChI is InChI=1S/C20H27N6O7PS/c1-20(29)15(27)13(33-18(20)26-11-22-14-16(26)24-19(21)25-17(14)28)10-32-34(30,31-7-8-35)23-9-12-5-3-2-4-6-12/h2-6,11,13,15,18,27,29,35H,7-10H2,1H3,(H,23,30)(H3,21,24,25,28)/t13-,15?,18-,20+,34?/m1/s1. The van der Waals surface area contributed by atoms with Crippen LogP contribution >= 0.6 is 20.4 Å². The van der Waals surface area contributed by atoms with E-state index in [2.05, 4.69) is 32.7 Å². The van der Waals surface area contributed by atoms with E-state index in [4.69, 9.17) is 19.5 Å². The lowest BCUT2D eigenvalue weighted by atomic mass is 9.96. The van der Waals surface area contributed by atoms with Crippen LogP contribution < -0.4 is 16.4 Å². The third-order valence-electron chi connectivity index (χ3n) is 5.54. The number of aromatic amines is 1. The van der Waals surface area contributed by atoms with Crippen molar-refractivity contribution in [1.29, 1.82) is 0 Å². The summed E-state index contributed by atoms with van der Waals surface area (Å²) in [5, 5.41) is 24.6. The second-order valence-electron chi connectivity index (χ2n) is 8.14. The molecule has 15 heteroatoms. The number of aliphatic hydroxyl groups is 2. The molecule has 1 aliphatic rings. The van der Waals surface area contributed by atoms with Crippen LogP contribution in [0, 0.1) is 0 Å². The summed E-state index contributed by atoms with van der Waals surface area (Å²) in [6.07, 6.45) is -2.49. The van der Waals surface area contributed by atoms with Gasteiger partial charge in [-0.15, -0.1) is 0 Å². The van der Waals surface area contributed by atoms with Gasteiger partial charge in [-0.3, -0.25) is 23.4 Å². The van der Waals surface area contributed by atoms with E-state index in [9.17, 15) is 19.6 Å². The van der Waals surface area contributed by atoms with Gasteiger partial charge in [0.25, 0.3) is 5.56 Å². The van der Waals surface area contributed by atoms with Crippen LogP contribution in [0.1, 0.15) is 18.7 Å². The molecule has 1 saturated heterocycles. The minimum Gasteiger partial charge on any atom is -0.387 e. The Morgan fingerprint density at radius 3 is 2.83 bits per heavy atom. The minimum atomic E-state index is -3.82. The highest BCUT2D eigenvalue weighted by Gasteiger charge is 2.54. The number of imidazole rings is 1. The first kappa shape index (κ1) is 25.8. The van der Waals surface area contributed by atoms with E-state index >= 15 is 0 Å². The zero-order valence-corrected chi connectivity index (χ0v) is 20.6. The summed E-state index contributed by atoms with van der Waals surface area (Å²) >= 11 is 4.08.